The maximum absolute atomic E-state index is 10.7. The van der Waals surface area contributed by atoms with Crippen LogP contribution in [0, 0.1) is 10.1 Å². The Bertz CT molecular complexity index is 548. The summed E-state index contributed by atoms with van der Waals surface area (Å²) in [7, 11) is 0. The number of H-pyrrole nitrogens is 1. The Kier molecular flexibility index (Phi) is 2.88. The van der Waals surface area contributed by atoms with E-state index in [4.69, 9.17) is 5.73 Å². The number of hydrogen-bond donors (Lipinski definition) is 2. The van der Waals surface area contributed by atoms with Gasteiger partial charge in [0.15, 0.2) is 0 Å². The van der Waals surface area contributed by atoms with Crippen molar-refractivity contribution in [2.45, 2.75) is 13.0 Å². The van der Waals surface area contributed by atoms with E-state index >= 15 is 0 Å². The highest BCUT2D eigenvalue weighted by Gasteiger charge is 2.10. The summed E-state index contributed by atoms with van der Waals surface area (Å²) in [6, 6.07) is 6.16. The van der Waals surface area contributed by atoms with Crippen molar-refractivity contribution in [2.24, 2.45) is 5.73 Å². The van der Waals surface area contributed by atoms with Crippen LogP contribution in [0.1, 0.15) is 18.7 Å². The largest absolute Gasteiger partial charge is 0.341 e. The third-order valence-corrected chi connectivity index (χ3v) is 2.42. The minimum atomic E-state index is -0.432. The number of nitrogens with two attached hydrogens (primary N) is 1. The van der Waals surface area contributed by atoms with Gasteiger partial charge in [-0.25, -0.2) is 4.98 Å². The van der Waals surface area contributed by atoms with Crippen LogP contribution in [0.15, 0.2) is 30.5 Å². The van der Waals surface area contributed by atoms with Crippen LogP contribution in [0.4, 0.5) is 5.69 Å². The minimum Gasteiger partial charge on any atom is -0.341 e. The predicted octanol–water partition coefficient (Wildman–Crippen LogP) is 2.00. The topological polar surface area (TPSA) is 97.8 Å². The Labute approximate surface area is 97.6 Å². The molecule has 0 saturated heterocycles. The SMILES string of the molecule is CC(N)c1cnc(-c2cccc([N+](=O)[O-])c2)[nH]1. The first-order valence-corrected chi connectivity index (χ1v) is 5.13. The molecule has 2 rings (SSSR count). The molecule has 0 amide bonds. The number of imidazole rings is 1. The summed E-state index contributed by atoms with van der Waals surface area (Å²) < 4.78 is 0. The molecule has 0 spiro atoms. The fraction of sp³-hybridized carbons (Fsp3) is 0.182. The highest BCUT2D eigenvalue weighted by Crippen LogP contribution is 2.22. The minimum absolute atomic E-state index is 0.0428. The highest BCUT2D eigenvalue weighted by molar-refractivity contribution is 5.59. The van der Waals surface area contributed by atoms with Crippen molar-refractivity contribution in [3.8, 4) is 11.4 Å². The van der Waals surface area contributed by atoms with Gasteiger partial charge in [0.2, 0.25) is 0 Å². The lowest BCUT2D eigenvalue weighted by Crippen LogP contribution is -2.04. The number of aromatic nitrogens is 2. The van der Waals surface area contributed by atoms with Crippen LogP contribution in [0.3, 0.4) is 0 Å². The van der Waals surface area contributed by atoms with E-state index in [0.717, 1.165) is 5.69 Å². The van der Waals surface area contributed by atoms with E-state index in [9.17, 15) is 10.1 Å². The number of aromatic amines is 1. The van der Waals surface area contributed by atoms with Crippen molar-refractivity contribution in [3.05, 3.63) is 46.3 Å². The molecule has 0 bridgehead atoms. The second-order valence-electron chi connectivity index (χ2n) is 3.78. The first-order valence-electron chi connectivity index (χ1n) is 5.13. The fourth-order valence-corrected chi connectivity index (χ4v) is 1.48. The summed E-state index contributed by atoms with van der Waals surface area (Å²) in [5, 5.41) is 10.7. The van der Waals surface area contributed by atoms with Gasteiger partial charge in [0.1, 0.15) is 5.82 Å². The normalized spacial score (nSPS) is 12.4. The van der Waals surface area contributed by atoms with Gasteiger partial charge in [-0.05, 0) is 6.92 Å². The lowest BCUT2D eigenvalue weighted by molar-refractivity contribution is -0.384. The number of nitrogens with one attached hydrogen (secondary N) is 1. The fourth-order valence-electron chi connectivity index (χ4n) is 1.48. The summed E-state index contributed by atoms with van der Waals surface area (Å²) in [4.78, 5) is 17.4. The van der Waals surface area contributed by atoms with E-state index in [1.54, 1.807) is 18.3 Å². The van der Waals surface area contributed by atoms with Crippen molar-refractivity contribution >= 4 is 5.69 Å². The quantitative estimate of drug-likeness (QED) is 0.624. The molecule has 0 aliphatic carbocycles. The number of nitrogens with zero attached hydrogens (tertiary/aromatic N) is 2. The molecular formula is C11H12N4O2. The summed E-state index contributed by atoms with van der Waals surface area (Å²) in [5.41, 5.74) is 7.22. The second kappa shape index (κ2) is 4.34. The van der Waals surface area contributed by atoms with Crippen LogP contribution in [0.25, 0.3) is 11.4 Å². The van der Waals surface area contributed by atoms with Crippen LogP contribution in [0.5, 0.6) is 0 Å². The van der Waals surface area contributed by atoms with Gasteiger partial charge in [-0.15, -0.1) is 0 Å². The Balaban J connectivity index is 2.38. The van der Waals surface area contributed by atoms with Crippen LogP contribution in [-0.2, 0) is 0 Å². The monoisotopic (exact) mass is 232 g/mol. The first-order chi connectivity index (χ1) is 8.08. The van der Waals surface area contributed by atoms with E-state index in [1.165, 1.54) is 12.1 Å². The van der Waals surface area contributed by atoms with Gasteiger partial charge in [-0.2, -0.15) is 0 Å². The van der Waals surface area contributed by atoms with E-state index in [2.05, 4.69) is 9.97 Å². The van der Waals surface area contributed by atoms with E-state index in [0.29, 0.717) is 11.4 Å². The lowest BCUT2D eigenvalue weighted by atomic mass is 10.2. The first kappa shape index (κ1) is 11.3. The highest BCUT2D eigenvalue weighted by atomic mass is 16.6. The zero-order chi connectivity index (χ0) is 12.4. The molecule has 0 aliphatic heterocycles. The zero-order valence-corrected chi connectivity index (χ0v) is 9.25. The summed E-state index contributed by atoms with van der Waals surface area (Å²) in [5.74, 6) is 0.584. The smallest absolute Gasteiger partial charge is 0.270 e. The van der Waals surface area contributed by atoms with Gasteiger partial charge < -0.3 is 10.7 Å². The molecule has 1 aromatic carbocycles. The molecule has 6 nitrogen and oxygen atoms in total. The maximum atomic E-state index is 10.7. The summed E-state index contributed by atoms with van der Waals surface area (Å²) in [6.07, 6.45) is 1.64. The zero-order valence-electron chi connectivity index (χ0n) is 9.25. The third-order valence-electron chi connectivity index (χ3n) is 2.42. The number of nitro benzene ring substituents is 1. The van der Waals surface area contributed by atoms with Gasteiger partial charge in [-0.3, -0.25) is 10.1 Å². The van der Waals surface area contributed by atoms with Gasteiger partial charge >= 0.3 is 0 Å². The van der Waals surface area contributed by atoms with Crippen LogP contribution in [-0.4, -0.2) is 14.9 Å². The number of non-ortho nitro benzene ring substituents is 1. The molecule has 1 aromatic heterocycles. The van der Waals surface area contributed by atoms with Gasteiger partial charge in [-0.1, -0.05) is 12.1 Å². The molecular weight excluding hydrogens is 220 g/mol. The molecule has 0 aliphatic rings. The molecule has 1 atom stereocenters. The van der Waals surface area contributed by atoms with Crippen molar-refractivity contribution in [1.29, 1.82) is 0 Å². The van der Waals surface area contributed by atoms with E-state index in [1.807, 2.05) is 6.92 Å². The molecule has 6 heteroatoms. The number of hydrogen-bond acceptors (Lipinski definition) is 4. The average Bonchev–Trinajstić information content (AvgIpc) is 2.78. The summed E-state index contributed by atoms with van der Waals surface area (Å²) in [6.45, 7) is 1.84. The molecule has 17 heavy (non-hydrogen) atoms. The Morgan fingerprint density at radius 3 is 2.88 bits per heavy atom. The van der Waals surface area contributed by atoms with Gasteiger partial charge in [0, 0.05) is 23.7 Å². The molecule has 0 saturated carbocycles. The van der Waals surface area contributed by atoms with Crippen molar-refractivity contribution < 1.29 is 4.92 Å². The Morgan fingerprint density at radius 2 is 2.29 bits per heavy atom. The van der Waals surface area contributed by atoms with Crippen LogP contribution < -0.4 is 5.73 Å². The van der Waals surface area contributed by atoms with Crippen molar-refractivity contribution in [2.75, 3.05) is 0 Å². The molecule has 2 aromatic rings. The van der Waals surface area contributed by atoms with Crippen LogP contribution >= 0.6 is 0 Å². The number of benzene rings is 1. The average molecular weight is 232 g/mol. The molecule has 1 heterocycles. The molecule has 1 unspecified atom stereocenters. The molecule has 0 fully saturated rings. The van der Waals surface area contributed by atoms with Gasteiger partial charge in [0.25, 0.3) is 5.69 Å². The second-order valence-corrected chi connectivity index (χ2v) is 3.78. The van der Waals surface area contributed by atoms with Gasteiger partial charge in [0.05, 0.1) is 16.8 Å². The Hall–Kier alpha value is -2.21. The predicted molar refractivity (Wildman–Crippen MR) is 63.3 cm³/mol. The number of rotatable bonds is 3. The Morgan fingerprint density at radius 1 is 1.53 bits per heavy atom. The molecule has 88 valence electrons. The third kappa shape index (κ3) is 2.31. The standard InChI is InChI=1S/C11H12N4O2/c1-7(12)10-6-13-11(14-10)8-3-2-4-9(5-8)15(16)17/h2-7H,12H2,1H3,(H,13,14). The van der Waals surface area contributed by atoms with Crippen molar-refractivity contribution in [3.63, 3.8) is 0 Å². The van der Waals surface area contributed by atoms with Crippen LogP contribution in [0.2, 0.25) is 0 Å². The van der Waals surface area contributed by atoms with Crippen molar-refractivity contribution in [1.82, 2.24) is 9.97 Å². The maximum Gasteiger partial charge on any atom is 0.270 e. The number of nitro groups is 1. The molecule has 0 radical (unpaired) electrons. The van der Waals surface area contributed by atoms with E-state index < -0.39 is 4.92 Å². The molecule has 3 N–H and O–H groups in total. The summed E-state index contributed by atoms with van der Waals surface area (Å²) >= 11 is 0. The van der Waals surface area contributed by atoms with E-state index in [-0.39, 0.29) is 11.7 Å². The lowest BCUT2D eigenvalue weighted by Gasteiger charge is -2.00.